The molecule has 0 aromatic heterocycles. The molecule has 0 spiro atoms. The Morgan fingerprint density at radius 2 is 1.59 bits per heavy atom. The average molecular weight is 361 g/mol. The molecule has 0 atom stereocenters. The molecule has 3 aromatic carbocycles. The van der Waals surface area contributed by atoms with Crippen LogP contribution in [-0.4, -0.2) is 38.8 Å². The van der Waals surface area contributed by atoms with E-state index in [1.165, 1.54) is 5.39 Å². The van der Waals surface area contributed by atoms with Crippen LogP contribution in [0.3, 0.4) is 0 Å². The van der Waals surface area contributed by atoms with Gasteiger partial charge in [0.1, 0.15) is 0 Å². The highest BCUT2D eigenvalue weighted by atomic mass is 16.5. The minimum Gasteiger partial charge on any atom is -0.378 e. The van der Waals surface area contributed by atoms with E-state index < -0.39 is 0 Å². The first-order chi connectivity index (χ1) is 13.3. The number of anilines is 3. The predicted octanol–water partition coefficient (Wildman–Crippen LogP) is 3.73. The summed E-state index contributed by atoms with van der Waals surface area (Å²) >= 11 is 0. The molecule has 0 saturated carbocycles. The van der Waals surface area contributed by atoms with Gasteiger partial charge < -0.3 is 20.3 Å². The van der Waals surface area contributed by atoms with Crippen molar-refractivity contribution in [1.29, 1.82) is 0 Å². The van der Waals surface area contributed by atoms with Gasteiger partial charge >= 0.3 is 0 Å². The summed E-state index contributed by atoms with van der Waals surface area (Å²) in [4.78, 5) is 14.5. The van der Waals surface area contributed by atoms with Gasteiger partial charge in [0.2, 0.25) is 5.91 Å². The summed E-state index contributed by atoms with van der Waals surface area (Å²) < 4.78 is 5.38. The van der Waals surface area contributed by atoms with Gasteiger partial charge in [0.25, 0.3) is 0 Å². The normalized spacial score (nSPS) is 14.1. The number of nitrogens with one attached hydrogen (secondary N) is 2. The molecule has 1 aliphatic heterocycles. The van der Waals surface area contributed by atoms with Crippen LogP contribution in [0.4, 0.5) is 17.1 Å². The quantitative estimate of drug-likeness (QED) is 0.727. The minimum absolute atomic E-state index is 0.0673. The summed E-state index contributed by atoms with van der Waals surface area (Å²) in [5.74, 6) is -0.0673. The van der Waals surface area contributed by atoms with Crippen LogP contribution in [0.25, 0.3) is 10.8 Å². The van der Waals surface area contributed by atoms with Crippen molar-refractivity contribution in [2.45, 2.75) is 0 Å². The Labute approximate surface area is 158 Å². The summed E-state index contributed by atoms with van der Waals surface area (Å²) in [7, 11) is 0. The number of morpholine rings is 1. The van der Waals surface area contributed by atoms with E-state index in [9.17, 15) is 4.79 Å². The van der Waals surface area contributed by atoms with Gasteiger partial charge in [-0.2, -0.15) is 0 Å². The smallest absolute Gasteiger partial charge is 0.243 e. The fourth-order valence-corrected chi connectivity index (χ4v) is 3.26. The number of ether oxygens (including phenoxy) is 1. The molecule has 5 heteroatoms. The van der Waals surface area contributed by atoms with Crippen LogP contribution in [0.2, 0.25) is 0 Å². The van der Waals surface area contributed by atoms with Crippen molar-refractivity contribution >= 4 is 33.7 Å². The number of amides is 1. The van der Waals surface area contributed by atoms with Crippen molar-refractivity contribution in [2.75, 3.05) is 48.4 Å². The Hall–Kier alpha value is -3.05. The first-order valence-electron chi connectivity index (χ1n) is 9.23. The van der Waals surface area contributed by atoms with Crippen molar-refractivity contribution in [3.05, 3.63) is 66.7 Å². The SMILES string of the molecule is O=C(CNc1ccc2ccccc2c1)Nc1ccc(N2CCOCC2)cc1. The van der Waals surface area contributed by atoms with Crippen molar-refractivity contribution in [1.82, 2.24) is 0 Å². The largest absolute Gasteiger partial charge is 0.378 e. The first-order valence-corrected chi connectivity index (χ1v) is 9.23. The maximum Gasteiger partial charge on any atom is 0.243 e. The van der Waals surface area contributed by atoms with Crippen LogP contribution < -0.4 is 15.5 Å². The third kappa shape index (κ3) is 4.38. The standard InChI is InChI=1S/C22H23N3O2/c26-22(16-23-20-6-5-17-3-1-2-4-18(17)15-20)24-19-7-9-21(10-8-19)25-11-13-27-14-12-25/h1-10,15,23H,11-14,16H2,(H,24,26). The monoisotopic (exact) mass is 361 g/mol. The van der Waals surface area contributed by atoms with E-state index >= 15 is 0 Å². The zero-order chi connectivity index (χ0) is 18.5. The molecule has 1 saturated heterocycles. The Morgan fingerprint density at radius 3 is 2.37 bits per heavy atom. The maximum absolute atomic E-state index is 12.2. The van der Waals surface area contributed by atoms with E-state index in [0.29, 0.717) is 0 Å². The number of nitrogens with zero attached hydrogens (tertiary/aromatic N) is 1. The van der Waals surface area contributed by atoms with Gasteiger partial charge in [0, 0.05) is 30.2 Å². The van der Waals surface area contributed by atoms with E-state index in [1.54, 1.807) is 0 Å². The molecular formula is C22H23N3O2. The highest BCUT2D eigenvalue weighted by Gasteiger charge is 2.11. The molecule has 0 bridgehead atoms. The molecule has 4 rings (SSSR count). The van der Waals surface area contributed by atoms with Crippen LogP contribution in [0.15, 0.2) is 66.7 Å². The van der Waals surface area contributed by atoms with Gasteiger partial charge in [-0.3, -0.25) is 4.79 Å². The molecular weight excluding hydrogens is 338 g/mol. The Kier molecular flexibility index (Phi) is 5.21. The van der Waals surface area contributed by atoms with Gasteiger partial charge in [-0.05, 0) is 47.2 Å². The average Bonchev–Trinajstić information content (AvgIpc) is 2.73. The van der Waals surface area contributed by atoms with Crippen molar-refractivity contribution in [3.63, 3.8) is 0 Å². The molecule has 0 radical (unpaired) electrons. The summed E-state index contributed by atoms with van der Waals surface area (Å²) in [6.45, 7) is 3.56. The zero-order valence-electron chi connectivity index (χ0n) is 15.2. The van der Waals surface area contributed by atoms with Crippen LogP contribution in [0.5, 0.6) is 0 Å². The second-order valence-electron chi connectivity index (χ2n) is 6.61. The van der Waals surface area contributed by atoms with E-state index in [2.05, 4.69) is 39.8 Å². The summed E-state index contributed by atoms with van der Waals surface area (Å²) in [6.07, 6.45) is 0. The van der Waals surface area contributed by atoms with Gasteiger partial charge in [0.05, 0.1) is 19.8 Å². The number of fused-ring (bicyclic) bond motifs is 1. The van der Waals surface area contributed by atoms with Crippen LogP contribution >= 0.6 is 0 Å². The second-order valence-corrected chi connectivity index (χ2v) is 6.61. The Balaban J connectivity index is 1.31. The maximum atomic E-state index is 12.2. The number of benzene rings is 3. The third-order valence-electron chi connectivity index (χ3n) is 4.73. The minimum atomic E-state index is -0.0673. The lowest BCUT2D eigenvalue weighted by atomic mass is 10.1. The van der Waals surface area contributed by atoms with Gasteiger partial charge in [-0.1, -0.05) is 30.3 Å². The van der Waals surface area contributed by atoms with Crippen LogP contribution in [-0.2, 0) is 9.53 Å². The lowest BCUT2D eigenvalue weighted by Crippen LogP contribution is -2.36. The first kappa shape index (κ1) is 17.4. The molecule has 27 heavy (non-hydrogen) atoms. The summed E-state index contributed by atoms with van der Waals surface area (Å²) in [6, 6.07) is 22.2. The topological polar surface area (TPSA) is 53.6 Å². The molecule has 2 N–H and O–H groups in total. The van der Waals surface area contributed by atoms with Gasteiger partial charge in [-0.15, -0.1) is 0 Å². The number of rotatable bonds is 5. The van der Waals surface area contributed by atoms with Crippen LogP contribution in [0, 0.1) is 0 Å². The van der Waals surface area contributed by atoms with E-state index in [-0.39, 0.29) is 12.5 Å². The second kappa shape index (κ2) is 8.10. The molecule has 3 aromatic rings. The molecule has 1 aliphatic rings. The highest BCUT2D eigenvalue weighted by Crippen LogP contribution is 2.20. The molecule has 0 unspecified atom stereocenters. The number of carbonyl (C=O) groups is 1. The van der Waals surface area contributed by atoms with E-state index in [0.717, 1.165) is 48.8 Å². The highest BCUT2D eigenvalue weighted by molar-refractivity contribution is 5.94. The summed E-state index contributed by atoms with van der Waals surface area (Å²) in [5, 5.41) is 8.46. The fraction of sp³-hybridized carbons (Fsp3) is 0.227. The lowest BCUT2D eigenvalue weighted by molar-refractivity contribution is -0.114. The molecule has 138 valence electrons. The fourth-order valence-electron chi connectivity index (χ4n) is 3.26. The van der Waals surface area contributed by atoms with Crippen LogP contribution in [0.1, 0.15) is 0 Å². The zero-order valence-corrected chi connectivity index (χ0v) is 15.2. The van der Waals surface area contributed by atoms with E-state index in [4.69, 9.17) is 4.74 Å². The third-order valence-corrected chi connectivity index (χ3v) is 4.73. The predicted molar refractivity (Wildman–Crippen MR) is 111 cm³/mol. The van der Waals surface area contributed by atoms with Crippen molar-refractivity contribution in [2.24, 2.45) is 0 Å². The Bertz CT molecular complexity index is 918. The summed E-state index contributed by atoms with van der Waals surface area (Å²) in [5.41, 5.74) is 2.90. The number of hydrogen-bond acceptors (Lipinski definition) is 4. The van der Waals surface area contributed by atoms with Gasteiger partial charge in [-0.25, -0.2) is 0 Å². The molecule has 0 aliphatic carbocycles. The number of hydrogen-bond donors (Lipinski definition) is 2. The molecule has 1 fully saturated rings. The Morgan fingerprint density at radius 1 is 0.889 bits per heavy atom. The molecule has 5 nitrogen and oxygen atoms in total. The molecule has 1 amide bonds. The lowest BCUT2D eigenvalue weighted by Gasteiger charge is -2.28. The van der Waals surface area contributed by atoms with Gasteiger partial charge in [0.15, 0.2) is 0 Å². The van der Waals surface area contributed by atoms with Crippen molar-refractivity contribution < 1.29 is 9.53 Å². The molecule has 1 heterocycles. The van der Waals surface area contributed by atoms with E-state index in [1.807, 2.05) is 42.5 Å². The number of carbonyl (C=O) groups excluding carboxylic acids is 1. The van der Waals surface area contributed by atoms with Crippen molar-refractivity contribution in [3.8, 4) is 0 Å².